The number of aromatic nitrogens is 2. The summed E-state index contributed by atoms with van der Waals surface area (Å²) in [6, 6.07) is 5.06. The molecule has 148 valence electrons. The molecule has 1 aromatic heterocycles. The van der Waals surface area contributed by atoms with Crippen LogP contribution in [0.5, 0.6) is 0 Å². The topological polar surface area (TPSA) is 84.0 Å². The minimum absolute atomic E-state index is 0.0299. The smallest absolute Gasteiger partial charge is 0.347 e. The third-order valence-electron chi connectivity index (χ3n) is 4.19. The van der Waals surface area contributed by atoms with E-state index in [9.17, 15) is 22.8 Å². The van der Waals surface area contributed by atoms with E-state index < -0.39 is 17.6 Å². The molecule has 2 aromatic rings. The van der Waals surface area contributed by atoms with Crippen molar-refractivity contribution in [1.82, 2.24) is 15.3 Å². The first-order valence-corrected chi connectivity index (χ1v) is 8.74. The maximum atomic E-state index is 12.9. The lowest BCUT2D eigenvalue weighted by molar-refractivity contribution is -0.137. The van der Waals surface area contributed by atoms with Gasteiger partial charge >= 0.3 is 6.18 Å². The third-order valence-corrected chi connectivity index (χ3v) is 4.19. The highest BCUT2D eigenvalue weighted by Gasteiger charge is 2.31. The van der Waals surface area contributed by atoms with E-state index in [1.807, 2.05) is 0 Å². The lowest BCUT2D eigenvalue weighted by atomic mass is 10.1. The number of anilines is 1. The van der Waals surface area contributed by atoms with Gasteiger partial charge in [-0.1, -0.05) is 11.6 Å². The number of hydrogen-bond donors (Lipinski definition) is 2. The number of carbonyl (C=O) groups is 2. The Balaban J connectivity index is 1.70. The van der Waals surface area contributed by atoms with Gasteiger partial charge in [-0.3, -0.25) is 14.9 Å². The molecule has 0 bridgehead atoms. The molecule has 1 saturated carbocycles. The Morgan fingerprint density at radius 2 is 1.82 bits per heavy atom. The van der Waals surface area contributed by atoms with Gasteiger partial charge in [0.25, 0.3) is 5.91 Å². The van der Waals surface area contributed by atoms with Crippen molar-refractivity contribution in [2.75, 3.05) is 5.32 Å². The van der Waals surface area contributed by atoms with Crippen LogP contribution in [0.3, 0.4) is 0 Å². The minimum atomic E-state index is -4.46. The Morgan fingerprint density at radius 1 is 1.11 bits per heavy atom. The maximum Gasteiger partial charge on any atom is 0.416 e. The second-order valence-corrected chi connectivity index (χ2v) is 6.87. The summed E-state index contributed by atoms with van der Waals surface area (Å²) in [6.45, 7) is 3.13. The number of alkyl halides is 3. The first-order valence-electron chi connectivity index (χ1n) is 8.74. The number of nitrogens with one attached hydrogen (secondary N) is 2. The number of aryl methyl sites for hydroxylation is 2. The molecule has 0 atom stereocenters. The van der Waals surface area contributed by atoms with E-state index in [-0.39, 0.29) is 30.0 Å². The lowest BCUT2D eigenvalue weighted by Crippen LogP contribution is -2.25. The molecule has 2 N–H and O–H groups in total. The molecule has 0 spiro atoms. The number of amides is 2. The first-order chi connectivity index (χ1) is 13.1. The molecule has 6 nitrogen and oxygen atoms in total. The van der Waals surface area contributed by atoms with Gasteiger partial charge in [0.1, 0.15) is 5.69 Å². The second kappa shape index (κ2) is 7.57. The normalized spacial score (nSPS) is 13.9. The molecule has 0 unspecified atom stereocenters. The van der Waals surface area contributed by atoms with Crippen LogP contribution in [0.4, 0.5) is 19.1 Å². The predicted molar refractivity (Wildman–Crippen MR) is 95.5 cm³/mol. The molecule has 0 saturated heterocycles. The molecular weight excluding hydrogens is 373 g/mol. The summed E-state index contributed by atoms with van der Waals surface area (Å²) >= 11 is 0. The Kier molecular flexibility index (Phi) is 5.35. The number of benzene rings is 1. The van der Waals surface area contributed by atoms with E-state index in [1.165, 1.54) is 6.07 Å². The van der Waals surface area contributed by atoms with Crippen LogP contribution in [-0.2, 0) is 17.5 Å². The molecule has 2 amide bonds. The Labute approximate surface area is 159 Å². The number of nitrogens with zero attached hydrogens (tertiary/aromatic N) is 2. The van der Waals surface area contributed by atoms with Crippen LogP contribution < -0.4 is 10.6 Å². The number of carbonyl (C=O) groups excluding carboxylic acids is 2. The van der Waals surface area contributed by atoms with Gasteiger partial charge in [-0.05, 0) is 50.5 Å². The quantitative estimate of drug-likeness (QED) is 0.817. The first kappa shape index (κ1) is 19.8. The molecule has 3 rings (SSSR count). The van der Waals surface area contributed by atoms with Gasteiger partial charge in [0.15, 0.2) is 0 Å². The van der Waals surface area contributed by atoms with Crippen molar-refractivity contribution < 1.29 is 22.8 Å². The molecule has 1 aliphatic rings. The summed E-state index contributed by atoms with van der Waals surface area (Å²) in [4.78, 5) is 32.3. The van der Waals surface area contributed by atoms with Gasteiger partial charge < -0.3 is 5.32 Å². The maximum absolute atomic E-state index is 12.9. The standard InChI is InChI=1S/C19H19F3N4O2/c1-10-5-12(8-14(6-10)19(20,21)22)9-23-17(28)15-7-11(2)24-18(25-15)26-16(27)13-3-4-13/h5-8,13H,3-4,9H2,1-2H3,(H,23,28)(H,24,25,26,27). The van der Waals surface area contributed by atoms with Crippen LogP contribution in [0.1, 0.15) is 45.7 Å². The van der Waals surface area contributed by atoms with E-state index in [0.29, 0.717) is 16.8 Å². The molecule has 1 heterocycles. The van der Waals surface area contributed by atoms with Crippen LogP contribution >= 0.6 is 0 Å². The molecule has 0 aliphatic heterocycles. The number of rotatable bonds is 5. The van der Waals surface area contributed by atoms with Crippen molar-refractivity contribution in [1.29, 1.82) is 0 Å². The van der Waals surface area contributed by atoms with Crippen molar-refractivity contribution in [3.05, 3.63) is 52.3 Å². The van der Waals surface area contributed by atoms with Gasteiger partial charge in [0, 0.05) is 18.2 Å². The third kappa shape index (κ3) is 5.05. The van der Waals surface area contributed by atoms with Crippen LogP contribution in [-0.4, -0.2) is 21.8 Å². The highest BCUT2D eigenvalue weighted by atomic mass is 19.4. The van der Waals surface area contributed by atoms with Crippen LogP contribution in [0.25, 0.3) is 0 Å². The van der Waals surface area contributed by atoms with Gasteiger partial charge in [-0.15, -0.1) is 0 Å². The van der Waals surface area contributed by atoms with Crippen molar-refractivity contribution in [3.63, 3.8) is 0 Å². The summed E-state index contributed by atoms with van der Waals surface area (Å²) in [6.07, 6.45) is -2.81. The summed E-state index contributed by atoms with van der Waals surface area (Å²) in [5.74, 6) is -0.749. The summed E-state index contributed by atoms with van der Waals surface area (Å²) in [5.41, 5.74) is 0.527. The monoisotopic (exact) mass is 392 g/mol. The fourth-order valence-corrected chi connectivity index (χ4v) is 2.70. The zero-order valence-electron chi connectivity index (χ0n) is 15.4. The van der Waals surface area contributed by atoms with E-state index in [4.69, 9.17) is 0 Å². The molecule has 28 heavy (non-hydrogen) atoms. The second-order valence-electron chi connectivity index (χ2n) is 6.87. The van der Waals surface area contributed by atoms with Crippen molar-refractivity contribution >= 4 is 17.8 Å². The molecule has 1 fully saturated rings. The highest BCUT2D eigenvalue weighted by molar-refractivity contribution is 5.95. The van der Waals surface area contributed by atoms with E-state index >= 15 is 0 Å². The van der Waals surface area contributed by atoms with Gasteiger partial charge in [0.05, 0.1) is 5.56 Å². The highest BCUT2D eigenvalue weighted by Crippen LogP contribution is 2.31. The predicted octanol–water partition coefficient (Wildman–Crippen LogP) is 3.39. The Bertz CT molecular complexity index is 924. The number of halogens is 3. The zero-order valence-corrected chi connectivity index (χ0v) is 15.4. The van der Waals surface area contributed by atoms with Crippen molar-refractivity contribution in [3.8, 4) is 0 Å². The summed E-state index contributed by atoms with van der Waals surface area (Å²) < 4.78 is 38.8. The molecular formula is C19H19F3N4O2. The van der Waals surface area contributed by atoms with Crippen molar-refractivity contribution in [2.45, 2.75) is 39.4 Å². The van der Waals surface area contributed by atoms with Crippen LogP contribution in [0.15, 0.2) is 24.3 Å². The molecule has 0 radical (unpaired) electrons. The lowest BCUT2D eigenvalue weighted by Gasteiger charge is -2.12. The largest absolute Gasteiger partial charge is 0.416 e. The molecule has 1 aromatic carbocycles. The van der Waals surface area contributed by atoms with Gasteiger partial charge in [0.2, 0.25) is 11.9 Å². The average molecular weight is 392 g/mol. The fourth-order valence-electron chi connectivity index (χ4n) is 2.70. The Hall–Kier alpha value is -2.97. The summed E-state index contributed by atoms with van der Waals surface area (Å²) in [5, 5.41) is 5.13. The zero-order chi connectivity index (χ0) is 20.5. The summed E-state index contributed by atoms with van der Waals surface area (Å²) in [7, 11) is 0. The SMILES string of the molecule is Cc1cc(CNC(=O)c2cc(C)nc(NC(=O)C3CC3)n2)cc(C(F)(F)F)c1. The van der Waals surface area contributed by atoms with Crippen molar-refractivity contribution in [2.24, 2.45) is 5.92 Å². The molecule has 9 heteroatoms. The number of hydrogen-bond acceptors (Lipinski definition) is 4. The van der Waals surface area contributed by atoms with Gasteiger partial charge in [-0.25, -0.2) is 9.97 Å². The van der Waals surface area contributed by atoms with E-state index in [2.05, 4.69) is 20.6 Å². The fraction of sp³-hybridized carbons (Fsp3) is 0.368. The average Bonchev–Trinajstić information content (AvgIpc) is 3.43. The van der Waals surface area contributed by atoms with Gasteiger partial charge in [-0.2, -0.15) is 13.2 Å². The molecule has 1 aliphatic carbocycles. The van der Waals surface area contributed by atoms with E-state index in [0.717, 1.165) is 25.0 Å². The Morgan fingerprint density at radius 3 is 2.46 bits per heavy atom. The van der Waals surface area contributed by atoms with Crippen LogP contribution in [0, 0.1) is 19.8 Å². The van der Waals surface area contributed by atoms with Crippen LogP contribution in [0.2, 0.25) is 0 Å². The van der Waals surface area contributed by atoms with E-state index in [1.54, 1.807) is 19.9 Å². The minimum Gasteiger partial charge on any atom is -0.347 e.